The molecule has 0 fully saturated rings. The van der Waals surface area contributed by atoms with Crippen LogP contribution in [0, 0.1) is 0 Å². The molecule has 0 atom stereocenters. The molecule has 0 aliphatic rings. The van der Waals surface area contributed by atoms with Gasteiger partial charge in [-0.05, 0) is 24.6 Å². The highest BCUT2D eigenvalue weighted by molar-refractivity contribution is 5.00. The summed E-state index contributed by atoms with van der Waals surface area (Å²) in [6, 6.07) is 0. The summed E-state index contributed by atoms with van der Waals surface area (Å²) in [7, 11) is 8.00. The van der Waals surface area contributed by atoms with E-state index in [4.69, 9.17) is 0 Å². The Balaban J connectivity index is 3.52. The van der Waals surface area contributed by atoms with Crippen molar-refractivity contribution in [1.29, 1.82) is 0 Å². The van der Waals surface area contributed by atoms with Gasteiger partial charge in [-0.3, -0.25) is 0 Å². The Labute approximate surface area is 63.4 Å². The lowest BCUT2D eigenvalue weighted by Gasteiger charge is -2.03. The Morgan fingerprint density at radius 3 is 1.20 bits per heavy atom. The highest BCUT2D eigenvalue weighted by Crippen LogP contribution is 1.81. The van der Waals surface area contributed by atoms with Gasteiger partial charge in [0.2, 0.25) is 0 Å². The van der Waals surface area contributed by atoms with Crippen LogP contribution in [-0.4, -0.2) is 38.0 Å². The number of rotatable bonds is 3. The van der Waals surface area contributed by atoms with E-state index in [1.54, 1.807) is 0 Å². The number of nitrogens with zero attached hydrogens (tertiary/aromatic N) is 2. The van der Waals surface area contributed by atoms with Crippen LogP contribution >= 0.6 is 0 Å². The Kier molecular flexibility index (Phi) is 4.46. The van der Waals surface area contributed by atoms with Crippen molar-refractivity contribution >= 4 is 0 Å². The Morgan fingerprint density at radius 1 is 0.700 bits per heavy atom. The second-order valence-electron chi connectivity index (χ2n) is 2.61. The Bertz CT molecular complexity index is 107. The molecule has 0 N–H and O–H groups in total. The third-order valence-corrected chi connectivity index (χ3v) is 0.880. The third-order valence-electron chi connectivity index (χ3n) is 0.880. The highest BCUT2D eigenvalue weighted by Gasteiger charge is 1.73. The third kappa shape index (κ3) is 7.08. The average molecular weight is 140 g/mol. The van der Waals surface area contributed by atoms with Gasteiger partial charge in [-0.1, -0.05) is 0 Å². The normalized spacial score (nSPS) is 11.2. The molecule has 0 unspecified atom stereocenters. The van der Waals surface area contributed by atoms with Gasteiger partial charge in [0.15, 0.2) is 0 Å². The summed E-state index contributed by atoms with van der Waals surface area (Å²) in [4.78, 5) is 4.00. The topological polar surface area (TPSA) is 6.48 Å². The molecule has 0 radical (unpaired) electrons. The fourth-order valence-corrected chi connectivity index (χ4v) is 0.444. The molecule has 0 aromatic carbocycles. The summed E-state index contributed by atoms with van der Waals surface area (Å²) in [5.41, 5.74) is 0. The quantitative estimate of drug-likeness (QED) is 0.542. The molecule has 0 saturated heterocycles. The van der Waals surface area contributed by atoms with E-state index >= 15 is 0 Å². The van der Waals surface area contributed by atoms with Crippen LogP contribution < -0.4 is 0 Å². The maximum atomic E-state index is 2.00. The van der Waals surface area contributed by atoms with Crippen molar-refractivity contribution in [2.75, 3.05) is 28.2 Å². The molecule has 0 aliphatic heterocycles. The van der Waals surface area contributed by atoms with E-state index in [0.717, 1.165) is 0 Å². The van der Waals surface area contributed by atoms with E-state index in [9.17, 15) is 0 Å². The monoisotopic (exact) mass is 140 g/mol. The first kappa shape index (κ1) is 9.08. The summed E-state index contributed by atoms with van der Waals surface area (Å²) >= 11 is 0. The lowest BCUT2D eigenvalue weighted by molar-refractivity contribution is 0.558. The van der Waals surface area contributed by atoms with Crippen molar-refractivity contribution in [1.82, 2.24) is 9.80 Å². The summed E-state index contributed by atoms with van der Waals surface area (Å²) < 4.78 is 0. The van der Waals surface area contributed by atoms with Crippen molar-refractivity contribution in [2.24, 2.45) is 0 Å². The van der Waals surface area contributed by atoms with Gasteiger partial charge in [-0.25, -0.2) is 0 Å². The van der Waals surface area contributed by atoms with Crippen molar-refractivity contribution in [2.45, 2.75) is 0 Å². The van der Waals surface area contributed by atoms with Gasteiger partial charge < -0.3 is 9.80 Å². The lowest BCUT2D eigenvalue weighted by atomic mass is 10.5. The van der Waals surface area contributed by atoms with Crippen LogP contribution in [0.25, 0.3) is 0 Å². The van der Waals surface area contributed by atoms with Gasteiger partial charge in [-0.15, -0.1) is 0 Å². The first-order valence-electron chi connectivity index (χ1n) is 3.31. The molecule has 2 nitrogen and oxygen atoms in total. The molecular weight excluding hydrogens is 124 g/mol. The number of hydrogen-bond donors (Lipinski definition) is 0. The van der Waals surface area contributed by atoms with E-state index in [2.05, 4.69) is 0 Å². The van der Waals surface area contributed by atoms with Crippen molar-refractivity contribution in [3.8, 4) is 0 Å². The molecule has 10 heavy (non-hydrogen) atoms. The second kappa shape index (κ2) is 4.91. The van der Waals surface area contributed by atoms with Crippen molar-refractivity contribution in [3.63, 3.8) is 0 Å². The van der Waals surface area contributed by atoms with Crippen LogP contribution in [-0.2, 0) is 0 Å². The van der Waals surface area contributed by atoms with Crippen LogP contribution in [0.3, 0.4) is 0 Å². The molecule has 0 heterocycles. The van der Waals surface area contributed by atoms with Gasteiger partial charge in [0.1, 0.15) is 0 Å². The van der Waals surface area contributed by atoms with Crippen LogP contribution in [0.4, 0.5) is 0 Å². The van der Waals surface area contributed by atoms with E-state index in [1.807, 2.05) is 62.5 Å². The molecule has 0 saturated carbocycles. The SMILES string of the molecule is CN(C)C=CC=CN(C)C. The van der Waals surface area contributed by atoms with Crippen LogP contribution in [0.2, 0.25) is 0 Å². The van der Waals surface area contributed by atoms with Gasteiger partial charge in [0, 0.05) is 28.2 Å². The standard InChI is InChI=1S/C8H16N2/c1-9(2)7-5-6-8-10(3)4/h5-8H,1-4H3. The van der Waals surface area contributed by atoms with Crippen LogP contribution in [0.5, 0.6) is 0 Å². The second-order valence-corrected chi connectivity index (χ2v) is 2.61. The highest BCUT2D eigenvalue weighted by atomic mass is 15.0. The molecule has 0 aromatic rings. The molecule has 0 spiro atoms. The van der Waals surface area contributed by atoms with Gasteiger partial charge in [-0.2, -0.15) is 0 Å². The first-order chi connectivity index (χ1) is 4.63. The Hall–Kier alpha value is -0.920. The number of allylic oxidation sites excluding steroid dienone is 2. The van der Waals surface area contributed by atoms with Gasteiger partial charge in [0.25, 0.3) is 0 Å². The van der Waals surface area contributed by atoms with Crippen LogP contribution in [0.15, 0.2) is 24.6 Å². The Morgan fingerprint density at radius 2 is 1.00 bits per heavy atom. The molecular formula is C8H16N2. The zero-order valence-electron chi connectivity index (χ0n) is 7.20. The van der Waals surface area contributed by atoms with Crippen molar-refractivity contribution in [3.05, 3.63) is 24.6 Å². The minimum atomic E-state index is 2.00. The largest absolute Gasteiger partial charge is 0.383 e. The predicted molar refractivity (Wildman–Crippen MR) is 45.7 cm³/mol. The average Bonchev–Trinajstić information content (AvgIpc) is 1.79. The lowest BCUT2D eigenvalue weighted by Crippen LogP contribution is -2.01. The fraction of sp³-hybridized carbons (Fsp3) is 0.500. The fourth-order valence-electron chi connectivity index (χ4n) is 0.444. The maximum Gasteiger partial charge on any atom is 0.00556 e. The molecule has 0 aromatic heterocycles. The summed E-state index contributed by atoms with van der Waals surface area (Å²) in [6.45, 7) is 0. The zero-order chi connectivity index (χ0) is 7.98. The van der Waals surface area contributed by atoms with Crippen LogP contribution in [0.1, 0.15) is 0 Å². The minimum absolute atomic E-state index is 2.00. The summed E-state index contributed by atoms with van der Waals surface area (Å²) in [5.74, 6) is 0. The molecule has 0 bridgehead atoms. The zero-order valence-corrected chi connectivity index (χ0v) is 7.20. The smallest absolute Gasteiger partial charge is 0.00556 e. The van der Waals surface area contributed by atoms with Gasteiger partial charge >= 0.3 is 0 Å². The summed E-state index contributed by atoms with van der Waals surface area (Å²) in [6.07, 6.45) is 8.00. The number of hydrogen-bond acceptors (Lipinski definition) is 2. The van der Waals surface area contributed by atoms with E-state index in [0.29, 0.717) is 0 Å². The molecule has 58 valence electrons. The van der Waals surface area contributed by atoms with E-state index in [1.165, 1.54) is 0 Å². The summed E-state index contributed by atoms with van der Waals surface area (Å²) in [5, 5.41) is 0. The van der Waals surface area contributed by atoms with E-state index in [-0.39, 0.29) is 0 Å². The molecule has 2 heteroatoms. The predicted octanol–water partition coefficient (Wildman–Crippen LogP) is 1.14. The minimum Gasteiger partial charge on any atom is -0.383 e. The first-order valence-corrected chi connectivity index (χ1v) is 3.31. The molecule has 0 aliphatic carbocycles. The maximum absolute atomic E-state index is 2.00. The molecule has 0 rings (SSSR count). The van der Waals surface area contributed by atoms with Crippen molar-refractivity contribution < 1.29 is 0 Å². The van der Waals surface area contributed by atoms with Gasteiger partial charge in [0.05, 0.1) is 0 Å². The molecule has 0 amide bonds. The van der Waals surface area contributed by atoms with E-state index < -0.39 is 0 Å².